The third-order valence-electron chi connectivity index (χ3n) is 8.62. The predicted molar refractivity (Wildman–Crippen MR) is 169 cm³/mol. The smallest absolute Gasteiger partial charge is 0.335 e. The number of piperidine rings is 1. The van der Waals surface area contributed by atoms with Crippen LogP contribution in [-0.4, -0.2) is 77.7 Å². The number of nitrogens with two attached hydrogens (primary N) is 1. The van der Waals surface area contributed by atoms with Gasteiger partial charge in [0.05, 0.1) is 11.8 Å². The number of anilines is 1. The van der Waals surface area contributed by atoms with Gasteiger partial charge in [-0.05, 0) is 69.2 Å². The topological polar surface area (TPSA) is 156 Å². The fourth-order valence-corrected chi connectivity index (χ4v) is 6.10. The fourth-order valence-electron chi connectivity index (χ4n) is 6.10. The van der Waals surface area contributed by atoms with Crippen LogP contribution < -0.4 is 16.2 Å². The van der Waals surface area contributed by atoms with E-state index in [2.05, 4.69) is 20.9 Å². The summed E-state index contributed by atoms with van der Waals surface area (Å²) in [6.07, 6.45) is 4.09. The molecule has 12 heteroatoms. The van der Waals surface area contributed by atoms with Crippen molar-refractivity contribution in [1.29, 1.82) is 5.26 Å². The van der Waals surface area contributed by atoms with Crippen LogP contribution in [0.2, 0.25) is 0 Å². The number of aromatic nitrogens is 4. The van der Waals surface area contributed by atoms with Crippen LogP contribution in [0.15, 0.2) is 77.4 Å². The van der Waals surface area contributed by atoms with Crippen molar-refractivity contribution in [2.45, 2.75) is 44.9 Å². The number of likely N-dealkylation sites (tertiary alicyclic amines) is 2. The number of rotatable bonds is 8. The third-order valence-corrected chi connectivity index (χ3v) is 8.62. The zero-order valence-corrected chi connectivity index (χ0v) is 25.3. The summed E-state index contributed by atoms with van der Waals surface area (Å²) in [4.78, 5) is 39.4. The highest BCUT2D eigenvalue weighted by molar-refractivity contribution is 5.98. The number of hydrogen-bond acceptors (Lipinski definition) is 9. The Kier molecular flexibility index (Phi) is 8.14. The molecule has 2 aliphatic rings. The maximum atomic E-state index is 13.8. The first-order valence-electron chi connectivity index (χ1n) is 15.0. The van der Waals surface area contributed by atoms with Gasteiger partial charge < -0.3 is 20.5 Å². The molecular weight excluding hydrogens is 572 g/mol. The average molecular weight is 609 g/mol. The number of aliphatic hydroxyl groups excluding tert-OH is 1. The summed E-state index contributed by atoms with van der Waals surface area (Å²) in [7, 11) is 0. The highest BCUT2D eigenvalue weighted by Gasteiger charge is 2.36. The number of benzene rings is 2. The van der Waals surface area contributed by atoms with Crippen LogP contribution in [-0.2, 0) is 11.3 Å². The highest BCUT2D eigenvalue weighted by Crippen LogP contribution is 2.28. The molecule has 1 amide bonds. The number of aliphatic hydroxyl groups is 1. The average Bonchev–Trinajstić information content (AvgIpc) is 3.30. The molecule has 0 atom stereocenters. The van der Waals surface area contributed by atoms with E-state index in [4.69, 9.17) is 10.5 Å². The Morgan fingerprint density at radius 2 is 1.76 bits per heavy atom. The zero-order chi connectivity index (χ0) is 31.7. The molecule has 0 unspecified atom stereocenters. The molecule has 2 saturated heterocycles. The van der Waals surface area contributed by atoms with Crippen molar-refractivity contribution < 1.29 is 14.6 Å². The Balaban J connectivity index is 1.18. The van der Waals surface area contributed by atoms with E-state index in [1.54, 1.807) is 39.8 Å². The molecule has 45 heavy (non-hydrogen) atoms. The van der Waals surface area contributed by atoms with E-state index in [-0.39, 0.29) is 35.0 Å². The van der Waals surface area contributed by atoms with Crippen molar-refractivity contribution in [2.75, 3.05) is 31.9 Å². The molecule has 0 radical (unpaired) electrons. The SMILES string of the molecule is CC(C)(C=C(C#N)C(=O)N1CC(Cn2c(=O)n(-c3ccc(Oc4ccccc4)cc3)c3c(N)ncnc32)C1)N1CCC(O)CC1. The molecule has 0 bridgehead atoms. The Labute approximate surface area is 260 Å². The van der Waals surface area contributed by atoms with Crippen molar-refractivity contribution in [2.24, 2.45) is 5.92 Å². The van der Waals surface area contributed by atoms with Crippen LogP contribution >= 0.6 is 0 Å². The maximum Gasteiger partial charge on any atom is 0.335 e. The molecular formula is C33H36N8O4. The molecule has 0 spiro atoms. The zero-order valence-electron chi connectivity index (χ0n) is 25.3. The summed E-state index contributed by atoms with van der Waals surface area (Å²) >= 11 is 0. The van der Waals surface area contributed by atoms with Crippen molar-refractivity contribution in [1.82, 2.24) is 28.9 Å². The second-order valence-corrected chi connectivity index (χ2v) is 12.2. The number of fused-ring (bicyclic) bond motifs is 1. The lowest BCUT2D eigenvalue weighted by molar-refractivity contribution is -0.133. The summed E-state index contributed by atoms with van der Waals surface area (Å²) in [6.45, 7) is 6.49. The lowest BCUT2D eigenvalue weighted by atomic mass is 9.93. The second kappa shape index (κ2) is 12.2. The van der Waals surface area contributed by atoms with Gasteiger partial charge >= 0.3 is 5.69 Å². The normalized spacial score (nSPS) is 16.8. The van der Waals surface area contributed by atoms with Gasteiger partial charge in [-0.1, -0.05) is 18.2 Å². The van der Waals surface area contributed by atoms with Crippen molar-refractivity contribution in [3.8, 4) is 23.3 Å². The summed E-state index contributed by atoms with van der Waals surface area (Å²) in [6, 6.07) is 18.6. The third kappa shape index (κ3) is 6.05. The number of carbonyl (C=O) groups is 1. The lowest BCUT2D eigenvalue weighted by Gasteiger charge is -2.41. The van der Waals surface area contributed by atoms with Gasteiger partial charge in [-0.25, -0.2) is 14.8 Å². The number of imidazole rings is 1. The molecule has 12 nitrogen and oxygen atoms in total. The second-order valence-electron chi connectivity index (χ2n) is 12.2. The standard InChI is InChI=1S/C33H36N8O4/c1-33(2,39-14-12-25(42)13-15-39)16-23(17-34)31(43)38-18-22(19-38)20-40-30-28(29(35)36-21-37-30)41(32(40)44)24-8-10-27(11-9-24)45-26-6-4-3-5-7-26/h3-11,16,21-22,25,42H,12-15,18-20H2,1-2H3,(H2,35,36,37). The molecule has 2 aromatic carbocycles. The van der Waals surface area contributed by atoms with E-state index < -0.39 is 5.54 Å². The Morgan fingerprint density at radius 1 is 1.09 bits per heavy atom. The first-order valence-corrected chi connectivity index (χ1v) is 15.0. The van der Waals surface area contributed by atoms with E-state index >= 15 is 0 Å². The van der Waals surface area contributed by atoms with Crippen LogP contribution in [0.1, 0.15) is 26.7 Å². The van der Waals surface area contributed by atoms with E-state index in [1.165, 1.54) is 10.9 Å². The summed E-state index contributed by atoms with van der Waals surface area (Å²) < 4.78 is 8.97. The van der Waals surface area contributed by atoms with Gasteiger partial charge in [0, 0.05) is 44.2 Å². The molecule has 0 aliphatic carbocycles. The minimum absolute atomic E-state index is 0.0138. The summed E-state index contributed by atoms with van der Waals surface area (Å²) in [5, 5.41) is 19.7. The summed E-state index contributed by atoms with van der Waals surface area (Å²) in [5.74, 6) is 1.17. The molecule has 6 rings (SSSR count). The monoisotopic (exact) mass is 608 g/mol. The predicted octanol–water partition coefficient (Wildman–Crippen LogP) is 3.10. The van der Waals surface area contributed by atoms with E-state index in [0.29, 0.717) is 73.9 Å². The Bertz CT molecular complexity index is 1820. The van der Waals surface area contributed by atoms with Crippen LogP contribution in [0.5, 0.6) is 11.5 Å². The van der Waals surface area contributed by atoms with Crippen LogP contribution in [0.3, 0.4) is 0 Å². The first kappa shape index (κ1) is 30.1. The van der Waals surface area contributed by atoms with Gasteiger partial charge in [0.25, 0.3) is 5.91 Å². The Morgan fingerprint density at radius 3 is 2.42 bits per heavy atom. The van der Waals surface area contributed by atoms with Gasteiger partial charge in [-0.15, -0.1) is 0 Å². The van der Waals surface area contributed by atoms with E-state index in [0.717, 1.165) is 0 Å². The molecule has 0 saturated carbocycles. The fraction of sp³-hybridized carbons (Fsp3) is 0.364. The van der Waals surface area contributed by atoms with Crippen LogP contribution in [0.4, 0.5) is 5.82 Å². The van der Waals surface area contributed by atoms with Gasteiger partial charge in [-0.3, -0.25) is 18.8 Å². The first-order chi connectivity index (χ1) is 21.6. The van der Waals surface area contributed by atoms with E-state index in [9.17, 15) is 20.0 Å². The number of nitrogen functional groups attached to an aromatic ring is 1. The lowest BCUT2D eigenvalue weighted by Crippen LogP contribution is -2.53. The number of ether oxygens (including phenoxy) is 1. The van der Waals surface area contributed by atoms with Gasteiger partial charge in [0.2, 0.25) is 0 Å². The van der Waals surface area contributed by atoms with Gasteiger partial charge in [0.1, 0.15) is 35.0 Å². The van der Waals surface area contributed by atoms with Crippen molar-refractivity contribution in [3.05, 3.63) is 83.1 Å². The van der Waals surface area contributed by atoms with Crippen LogP contribution in [0.25, 0.3) is 16.9 Å². The van der Waals surface area contributed by atoms with Crippen molar-refractivity contribution >= 4 is 22.9 Å². The van der Waals surface area contributed by atoms with Gasteiger partial charge in [0.15, 0.2) is 11.5 Å². The minimum Gasteiger partial charge on any atom is -0.457 e. The van der Waals surface area contributed by atoms with Crippen molar-refractivity contribution in [3.63, 3.8) is 0 Å². The molecule has 4 heterocycles. The molecule has 4 aromatic rings. The quantitative estimate of drug-likeness (QED) is 0.227. The summed E-state index contributed by atoms with van der Waals surface area (Å²) in [5.41, 5.74) is 6.94. The molecule has 2 aliphatic heterocycles. The number of nitrogens with zero attached hydrogens (tertiary/aromatic N) is 7. The molecule has 232 valence electrons. The molecule has 2 fully saturated rings. The van der Waals surface area contributed by atoms with Gasteiger partial charge in [-0.2, -0.15) is 5.26 Å². The highest BCUT2D eigenvalue weighted by atomic mass is 16.5. The van der Waals surface area contributed by atoms with E-state index in [1.807, 2.05) is 44.2 Å². The number of para-hydroxylation sites is 1. The maximum absolute atomic E-state index is 13.8. The molecule has 3 N–H and O–H groups in total. The number of amides is 1. The largest absolute Gasteiger partial charge is 0.457 e. The Hall–Kier alpha value is -4.99. The number of hydrogen-bond donors (Lipinski definition) is 2. The minimum atomic E-state index is -0.508. The number of nitriles is 1. The van der Waals surface area contributed by atoms with Crippen LogP contribution in [0, 0.1) is 17.2 Å². The molecule has 2 aromatic heterocycles. The number of carbonyl (C=O) groups excluding carboxylic acids is 1.